The molecule has 2 N–H and O–H groups in total. The summed E-state index contributed by atoms with van der Waals surface area (Å²) in [5, 5.41) is 5.08. The van der Waals surface area contributed by atoms with E-state index in [1.165, 1.54) is 0 Å². The van der Waals surface area contributed by atoms with E-state index in [0.29, 0.717) is 22.9 Å². The van der Waals surface area contributed by atoms with Gasteiger partial charge in [-0.25, -0.2) is 0 Å². The summed E-state index contributed by atoms with van der Waals surface area (Å²) in [6, 6.07) is 12.2. The van der Waals surface area contributed by atoms with Crippen LogP contribution in [0.15, 0.2) is 42.5 Å². The first-order valence-electron chi connectivity index (χ1n) is 7.27. The highest BCUT2D eigenvalue weighted by Gasteiger charge is 2.17. The Bertz CT molecular complexity index is 775. The van der Waals surface area contributed by atoms with Gasteiger partial charge in [-0.05, 0) is 29.8 Å². The molecule has 0 bridgehead atoms. The van der Waals surface area contributed by atoms with Gasteiger partial charge in [0.25, 0.3) is 0 Å². The van der Waals surface area contributed by atoms with Gasteiger partial charge in [0, 0.05) is 18.3 Å². The third-order valence-electron chi connectivity index (χ3n) is 3.42. The monoisotopic (exact) mass is 328 g/mol. The summed E-state index contributed by atoms with van der Waals surface area (Å²) in [7, 11) is 1.57. The number of ether oxygens (including phenoxy) is 3. The molecule has 124 valence electrons. The maximum absolute atomic E-state index is 11.9. The van der Waals surface area contributed by atoms with Crippen molar-refractivity contribution in [1.29, 1.82) is 0 Å². The van der Waals surface area contributed by atoms with Crippen molar-refractivity contribution < 1.29 is 23.8 Å². The minimum atomic E-state index is -0.753. The number of rotatable bonds is 4. The SMILES string of the molecule is COc1cccc(CNC(=O)C(=O)Nc2ccc3c(c2)OCO3)c1. The fraction of sp³-hybridized carbons (Fsp3) is 0.176. The lowest BCUT2D eigenvalue weighted by Gasteiger charge is -2.08. The van der Waals surface area contributed by atoms with E-state index in [2.05, 4.69) is 10.6 Å². The lowest BCUT2D eigenvalue weighted by atomic mass is 10.2. The number of anilines is 1. The Kier molecular flexibility index (Phi) is 4.51. The Labute approximate surface area is 138 Å². The highest BCUT2D eigenvalue weighted by Crippen LogP contribution is 2.34. The molecular weight excluding hydrogens is 312 g/mol. The average molecular weight is 328 g/mol. The molecule has 0 atom stereocenters. The van der Waals surface area contributed by atoms with Crippen LogP contribution in [-0.4, -0.2) is 25.7 Å². The summed E-state index contributed by atoms with van der Waals surface area (Å²) >= 11 is 0. The maximum Gasteiger partial charge on any atom is 0.313 e. The van der Waals surface area contributed by atoms with Crippen molar-refractivity contribution in [3.63, 3.8) is 0 Å². The molecule has 3 rings (SSSR count). The second kappa shape index (κ2) is 6.91. The van der Waals surface area contributed by atoms with E-state index in [4.69, 9.17) is 14.2 Å². The molecule has 7 heteroatoms. The number of fused-ring (bicyclic) bond motifs is 1. The maximum atomic E-state index is 11.9. The van der Waals surface area contributed by atoms with Gasteiger partial charge in [0.1, 0.15) is 5.75 Å². The van der Waals surface area contributed by atoms with Crippen molar-refractivity contribution >= 4 is 17.5 Å². The van der Waals surface area contributed by atoms with E-state index in [1.807, 2.05) is 12.1 Å². The second-order valence-electron chi connectivity index (χ2n) is 5.06. The van der Waals surface area contributed by atoms with Gasteiger partial charge in [0.05, 0.1) is 7.11 Å². The van der Waals surface area contributed by atoms with Crippen LogP contribution in [0.4, 0.5) is 5.69 Å². The first-order chi connectivity index (χ1) is 11.7. The van der Waals surface area contributed by atoms with E-state index in [-0.39, 0.29) is 13.3 Å². The van der Waals surface area contributed by atoms with E-state index < -0.39 is 11.8 Å². The van der Waals surface area contributed by atoms with Crippen LogP contribution >= 0.6 is 0 Å². The van der Waals surface area contributed by atoms with Gasteiger partial charge < -0.3 is 24.8 Å². The van der Waals surface area contributed by atoms with Crippen LogP contribution in [-0.2, 0) is 16.1 Å². The molecule has 2 aromatic rings. The molecule has 2 aromatic carbocycles. The van der Waals surface area contributed by atoms with Crippen LogP contribution in [0, 0.1) is 0 Å². The summed E-state index contributed by atoms with van der Waals surface area (Å²) in [5.74, 6) is 0.346. The van der Waals surface area contributed by atoms with Crippen molar-refractivity contribution in [1.82, 2.24) is 5.32 Å². The Hall–Kier alpha value is -3.22. The van der Waals surface area contributed by atoms with Crippen LogP contribution in [0.1, 0.15) is 5.56 Å². The van der Waals surface area contributed by atoms with Gasteiger partial charge in [-0.1, -0.05) is 12.1 Å². The number of carbonyl (C=O) groups is 2. The van der Waals surface area contributed by atoms with Crippen molar-refractivity contribution in [3.8, 4) is 17.2 Å². The molecule has 0 aromatic heterocycles. The zero-order chi connectivity index (χ0) is 16.9. The van der Waals surface area contributed by atoms with Crippen molar-refractivity contribution in [2.45, 2.75) is 6.54 Å². The average Bonchev–Trinajstić information content (AvgIpc) is 3.07. The van der Waals surface area contributed by atoms with E-state index >= 15 is 0 Å². The zero-order valence-electron chi connectivity index (χ0n) is 13.0. The first-order valence-corrected chi connectivity index (χ1v) is 7.27. The van der Waals surface area contributed by atoms with Crippen LogP contribution in [0.5, 0.6) is 17.2 Å². The van der Waals surface area contributed by atoms with E-state index in [0.717, 1.165) is 5.56 Å². The first kappa shape index (κ1) is 15.7. The molecule has 0 aliphatic carbocycles. The van der Waals surface area contributed by atoms with Gasteiger partial charge in [0.2, 0.25) is 6.79 Å². The lowest BCUT2D eigenvalue weighted by molar-refractivity contribution is -0.136. The summed E-state index contributed by atoms with van der Waals surface area (Å²) in [6.45, 7) is 0.373. The molecule has 0 saturated heterocycles. The summed E-state index contributed by atoms with van der Waals surface area (Å²) in [5.41, 5.74) is 1.29. The molecule has 24 heavy (non-hydrogen) atoms. The number of carbonyl (C=O) groups excluding carboxylic acids is 2. The van der Waals surface area contributed by atoms with Crippen molar-refractivity contribution in [2.75, 3.05) is 19.2 Å². The minimum Gasteiger partial charge on any atom is -0.497 e. The topological polar surface area (TPSA) is 85.9 Å². The molecule has 7 nitrogen and oxygen atoms in total. The van der Waals surface area contributed by atoms with Gasteiger partial charge in [-0.15, -0.1) is 0 Å². The lowest BCUT2D eigenvalue weighted by Crippen LogP contribution is -2.34. The molecular formula is C17H16N2O5. The number of benzene rings is 2. The molecule has 2 amide bonds. The predicted molar refractivity (Wildman–Crippen MR) is 86.0 cm³/mol. The number of amides is 2. The van der Waals surface area contributed by atoms with Gasteiger partial charge in [-0.2, -0.15) is 0 Å². The third kappa shape index (κ3) is 3.57. The van der Waals surface area contributed by atoms with Crippen LogP contribution in [0.3, 0.4) is 0 Å². The van der Waals surface area contributed by atoms with Gasteiger partial charge >= 0.3 is 11.8 Å². The molecule has 0 radical (unpaired) electrons. The number of hydrogen-bond donors (Lipinski definition) is 2. The van der Waals surface area contributed by atoms with Crippen molar-refractivity contribution in [3.05, 3.63) is 48.0 Å². The van der Waals surface area contributed by atoms with E-state index in [1.54, 1.807) is 37.4 Å². The van der Waals surface area contributed by atoms with Crippen LogP contribution in [0.2, 0.25) is 0 Å². The molecule has 1 heterocycles. The summed E-state index contributed by atoms with van der Waals surface area (Å²) in [4.78, 5) is 23.8. The number of hydrogen-bond acceptors (Lipinski definition) is 5. The Morgan fingerprint density at radius 3 is 2.75 bits per heavy atom. The molecule has 0 fully saturated rings. The van der Waals surface area contributed by atoms with Crippen LogP contribution in [0.25, 0.3) is 0 Å². The van der Waals surface area contributed by atoms with E-state index in [9.17, 15) is 9.59 Å². The Morgan fingerprint density at radius 1 is 1.08 bits per heavy atom. The molecule has 1 aliphatic rings. The fourth-order valence-electron chi connectivity index (χ4n) is 2.21. The molecule has 1 aliphatic heterocycles. The van der Waals surface area contributed by atoms with Gasteiger partial charge in [0.15, 0.2) is 11.5 Å². The highest BCUT2D eigenvalue weighted by atomic mass is 16.7. The molecule has 0 unspecified atom stereocenters. The smallest absolute Gasteiger partial charge is 0.313 e. The second-order valence-corrected chi connectivity index (χ2v) is 5.06. The summed E-state index contributed by atoms with van der Waals surface area (Å²) in [6.07, 6.45) is 0. The largest absolute Gasteiger partial charge is 0.497 e. The highest BCUT2D eigenvalue weighted by molar-refractivity contribution is 6.39. The molecule has 0 saturated carbocycles. The van der Waals surface area contributed by atoms with Gasteiger partial charge in [-0.3, -0.25) is 9.59 Å². The predicted octanol–water partition coefficient (Wildman–Crippen LogP) is 1.68. The minimum absolute atomic E-state index is 0.147. The zero-order valence-corrected chi connectivity index (χ0v) is 13.0. The number of nitrogens with one attached hydrogen (secondary N) is 2. The Morgan fingerprint density at radius 2 is 1.92 bits per heavy atom. The fourth-order valence-corrected chi connectivity index (χ4v) is 2.21. The standard InChI is InChI=1S/C17H16N2O5/c1-22-13-4-2-3-11(7-13)9-18-16(20)17(21)19-12-5-6-14-15(8-12)24-10-23-14/h2-8H,9-10H2,1H3,(H,18,20)(H,19,21). The normalized spacial score (nSPS) is 11.7. The van der Waals surface area contributed by atoms with Crippen molar-refractivity contribution in [2.24, 2.45) is 0 Å². The molecule has 0 spiro atoms. The Balaban J connectivity index is 1.55. The number of methoxy groups -OCH3 is 1. The third-order valence-corrected chi connectivity index (χ3v) is 3.42. The van der Waals surface area contributed by atoms with Crippen LogP contribution < -0.4 is 24.8 Å². The summed E-state index contributed by atoms with van der Waals surface area (Å²) < 4.78 is 15.5. The quantitative estimate of drug-likeness (QED) is 0.834.